The number of hydrogen-bond acceptors (Lipinski definition) is 4. The molecule has 0 bridgehead atoms. The van der Waals surface area contributed by atoms with Gasteiger partial charge in [-0.1, -0.05) is 24.3 Å². The first-order chi connectivity index (χ1) is 16.0. The van der Waals surface area contributed by atoms with Crippen LogP contribution in [0.25, 0.3) is 5.69 Å². The number of amides is 1. The topological polar surface area (TPSA) is 64.4 Å². The van der Waals surface area contributed by atoms with Crippen molar-refractivity contribution in [3.05, 3.63) is 107 Å². The van der Waals surface area contributed by atoms with E-state index < -0.39 is 17.4 Å². The number of benzene rings is 3. The van der Waals surface area contributed by atoms with Crippen molar-refractivity contribution in [2.75, 3.05) is 0 Å². The summed E-state index contributed by atoms with van der Waals surface area (Å²) in [7, 11) is 0. The van der Waals surface area contributed by atoms with Crippen LogP contribution in [-0.2, 0) is 13.1 Å². The van der Waals surface area contributed by atoms with Gasteiger partial charge in [0.1, 0.15) is 12.0 Å². The van der Waals surface area contributed by atoms with E-state index in [1.165, 1.54) is 6.07 Å². The third kappa shape index (κ3) is 3.87. The summed E-state index contributed by atoms with van der Waals surface area (Å²) in [6, 6.07) is 16.2. The Bertz CT molecular complexity index is 1330. The van der Waals surface area contributed by atoms with Gasteiger partial charge in [-0.15, -0.1) is 0 Å². The molecule has 0 saturated carbocycles. The number of nitrogens with zero attached hydrogens (tertiary/aromatic N) is 3. The van der Waals surface area contributed by atoms with Crippen molar-refractivity contribution >= 4 is 12.2 Å². The number of aldehydes is 1. The van der Waals surface area contributed by atoms with Crippen molar-refractivity contribution < 1.29 is 23.1 Å². The Morgan fingerprint density at radius 2 is 1.79 bits per heavy atom. The summed E-state index contributed by atoms with van der Waals surface area (Å²) >= 11 is 0. The minimum absolute atomic E-state index is 0.0608. The van der Waals surface area contributed by atoms with Crippen LogP contribution in [0.1, 0.15) is 31.8 Å². The average molecular weight is 445 g/mol. The maximum absolute atomic E-state index is 14.3. The molecule has 6 nitrogen and oxygen atoms in total. The highest BCUT2D eigenvalue weighted by molar-refractivity contribution is 6.01. The molecule has 33 heavy (non-hydrogen) atoms. The molecule has 1 aliphatic rings. The van der Waals surface area contributed by atoms with Gasteiger partial charge in [0.15, 0.2) is 17.4 Å². The first kappa shape index (κ1) is 20.6. The lowest BCUT2D eigenvalue weighted by Gasteiger charge is -2.16. The molecule has 0 radical (unpaired) electrons. The van der Waals surface area contributed by atoms with Crippen LogP contribution in [0.3, 0.4) is 0 Å². The van der Waals surface area contributed by atoms with Gasteiger partial charge in [-0.2, -0.15) is 5.10 Å². The molecule has 8 heteroatoms. The van der Waals surface area contributed by atoms with Gasteiger partial charge in [-0.05, 0) is 47.5 Å². The molecule has 5 rings (SSSR count). The van der Waals surface area contributed by atoms with Crippen molar-refractivity contribution in [1.82, 2.24) is 14.7 Å². The molecule has 0 spiro atoms. The molecule has 2 heterocycles. The molecule has 1 aromatic heterocycles. The summed E-state index contributed by atoms with van der Waals surface area (Å²) in [4.78, 5) is 25.6. The van der Waals surface area contributed by atoms with Crippen LogP contribution in [0, 0.1) is 11.6 Å². The van der Waals surface area contributed by atoms with E-state index in [1.807, 2.05) is 36.5 Å². The molecule has 0 aliphatic carbocycles. The Morgan fingerprint density at radius 1 is 1.03 bits per heavy atom. The largest absolute Gasteiger partial charge is 0.450 e. The predicted molar refractivity (Wildman–Crippen MR) is 115 cm³/mol. The van der Waals surface area contributed by atoms with E-state index in [9.17, 15) is 18.4 Å². The number of hydrogen-bond donors (Lipinski definition) is 0. The fourth-order valence-corrected chi connectivity index (χ4v) is 3.85. The summed E-state index contributed by atoms with van der Waals surface area (Å²) < 4.78 is 35.8. The highest BCUT2D eigenvalue weighted by atomic mass is 19.1. The van der Waals surface area contributed by atoms with E-state index >= 15 is 0 Å². The van der Waals surface area contributed by atoms with Crippen molar-refractivity contribution in [3.8, 4) is 17.2 Å². The smallest absolute Gasteiger partial charge is 0.258 e. The fourth-order valence-electron chi connectivity index (χ4n) is 3.85. The summed E-state index contributed by atoms with van der Waals surface area (Å²) in [5.74, 6) is -2.93. The summed E-state index contributed by atoms with van der Waals surface area (Å²) in [5.41, 5.74) is 2.66. The maximum atomic E-state index is 14.3. The summed E-state index contributed by atoms with van der Waals surface area (Å²) in [5, 5.41) is 4.19. The molecule has 1 aliphatic heterocycles. The van der Waals surface area contributed by atoms with Gasteiger partial charge in [0.2, 0.25) is 0 Å². The van der Waals surface area contributed by atoms with E-state index in [4.69, 9.17) is 4.74 Å². The molecule has 0 unspecified atom stereocenters. The van der Waals surface area contributed by atoms with Gasteiger partial charge in [-0.25, -0.2) is 13.5 Å². The number of ether oxygens (including phenoxy) is 1. The SMILES string of the molecule is O=Cc1cc(F)c(Oc2cccc3c2C(=O)N(Cc2ccc(-n4cccn4)cc2)C3)c(F)c1. The molecule has 164 valence electrons. The van der Waals surface area contributed by atoms with Gasteiger partial charge >= 0.3 is 0 Å². The molecule has 0 fully saturated rings. The molecular formula is C25H17F2N3O3. The van der Waals surface area contributed by atoms with Gasteiger partial charge in [0.05, 0.1) is 11.3 Å². The van der Waals surface area contributed by atoms with Crippen molar-refractivity contribution in [3.63, 3.8) is 0 Å². The first-order valence-corrected chi connectivity index (χ1v) is 10.2. The van der Waals surface area contributed by atoms with Crippen molar-refractivity contribution in [2.24, 2.45) is 0 Å². The standard InChI is InChI=1S/C25H17F2N3O3/c26-20-11-17(15-31)12-21(27)24(20)33-22-4-1-3-18-14-29(25(32)23(18)22)13-16-5-7-19(8-6-16)30-10-2-9-28-30/h1-12,15H,13-14H2. The lowest BCUT2D eigenvalue weighted by atomic mass is 10.1. The summed E-state index contributed by atoms with van der Waals surface area (Å²) in [6.07, 6.45) is 3.89. The Morgan fingerprint density at radius 3 is 2.45 bits per heavy atom. The third-order valence-corrected chi connectivity index (χ3v) is 5.42. The van der Waals surface area contributed by atoms with Crippen LogP contribution in [0.4, 0.5) is 8.78 Å². The average Bonchev–Trinajstić information content (AvgIpc) is 3.46. The zero-order valence-corrected chi connectivity index (χ0v) is 17.2. The second-order valence-electron chi connectivity index (χ2n) is 7.60. The zero-order valence-electron chi connectivity index (χ0n) is 17.2. The molecule has 3 aromatic carbocycles. The lowest BCUT2D eigenvalue weighted by molar-refractivity contribution is 0.0764. The number of carbonyl (C=O) groups is 2. The van der Waals surface area contributed by atoms with Crippen LogP contribution in [0.5, 0.6) is 11.5 Å². The van der Waals surface area contributed by atoms with Gasteiger partial charge in [0.25, 0.3) is 5.91 Å². The Balaban J connectivity index is 1.37. The monoisotopic (exact) mass is 445 g/mol. The van der Waals surface area contributed by atoms with Crippen LogP contribution >= 0.6 is 0 Å². The number of rotatable bonds is 6. The first-order valence-electron chi connectivity index (χ1n) is 10.2. The van der Waals surface area contributed by atoms with Gasteiger partial charge in [-0.3, -0.25) is 9.59 Å². The molecule has 4 aromatic rings. The predicted octanol–water partition coefficient (Wildman–Crippen LogP) is 4.91. The Labute approximate surface area is 187 Å². The maximum Gasteiger partial charge on any atom is 0.258 e. The fraction of sp³-hybridized carbons (Fsp3) is 0.0800. The number of carbonyl (C=O) groups excluding carboxylic acids is 2. The molecule has 0 N–H and O–H groups in total. The molecule has 1 amide bonds. The van der Waals surface area contributed by atoms with Crippen LogP contribution in [0.15, 0.2) is 73.1 Å². The number of halogens is 2. The summed E-state index contributed by atoms with van der Waals surface area (Å²) in [6.45, 7) is 0.713. The second kappa shape index (κ2) is 8.31. The minimum Gasteiger partial charge on any atom is -0.450 e. The van der Waals surface area contributed by atoms with Crippen LogP contribution < -0.4 is 4.74 Å². The normalized spacial score (nSPS) is 12.7. The molecule has 0 atom stereocenters. The van der Waals surface area contributed by atoms with Crippen LogP contribution in [-0.4, -0.2) is 26.9 Å². The van der Waals surface area contributed by atoms with E-state index in [0.717, 1.165) is 23.4 Å². The molecule has 0 saturated heterocycles. The van der Waals surface area contributed by atoms with E-state index in [2.05, 4.69) is 5.10 Å². The Kier molecular flexibility index (Phi) is 5.18. The third-order valence-electron chi connectivity index (χ3n) is 5.42. The Hall–Kier alpha value is -4.33. The quantitative estimate of drug-likeness (QED) is 0.396. The van der Waals surface area contributed by atoms with Crippen molar-refractivity contribution in [2.45, 2.75) is 13.1 Å². The highest BCUT2D eigenvalue weighted by Gasteiger charge is 2.31. The molecular weight excluding hydrogens is 428 g/mol. The zero-order chi connectivity index (χ0) is 22.9. The van der Waals surface area contributed by atoms with Gasteiger partial charge in [0, 0.05) is 31.0 Å². The highest BCUT2D eigenvalue weighted by Crippen LogP contribution is 2.36. The minimum atomic E-state index is -1.02. The van der Waals surface area contributed by atoms with E-state index in [0.29, 0.717) is 24.9 Å². The lowest BCUT2D eigenvalue weighted by Crippen LogP contribution is -2.23. The van der Waals surface area contributed by atoms with E-state index in [-0.39, 0.29) is 22.8 Å². The number of fused-ring (bicyclic) bond motifs is 1. The van der Waals surface area contributed by atoms with E-state index in [1.54, 1.807) is 27.9 Å². The van der Waals surface area contributed by atoms with Crippen LogP contribution in [0.2, 0.25) is 0 Å². The second-order valence-corrected chi connectivity index (χ2v) is 7.60. The van der Waals surface area contributed by atoms with Crippen molar-refractivity contribution in [1.29, 1.82) is 0 Å². The number of aromatic nitrogens is 2. The van der Waals surface area contributed by atoms with Gasteiger partial charge < -0.3 is 9.64 Å².